The van der Waals surface area contributed by atoms with Crippen molar-refractivity contribution in [2.24, 2.45) is 0 Å². The van der Waals surface area contributed by atoms with Crippen LogP contribution in [0, 0.1) is 5.82 Å². The zero-order chi connectivity index (χ0) is 16.7. The molecule has 0 fully saturated rings. The Morgan fingerprint density at radius 1 is 0.957 bits per heavy atom. The average molecular weight is 319 g/mol. The number of halogens is 1. The van der Waals surface area contributed by atoms with Crippen molar-refractivity contribution < 1.29 is 23.5 Å². The molecule has 6 heteroatoms. The van der Waals surface area contributed by atoms with E-state index < -0.39 is 6.09 Å². The third-order valence-electron chi connectivity index (χ3n) is 2.85. The highest BCUT2D eigenvalue weighted by Gasteiger charge is 2.14. The first-order chi connectivity index (χ1) is 11.1. The number of rotatable bonds is 6. The molecule has 0 spiro atoms. The van der Waals surface area contributed by atoms with Gasteiger partial charge in [0, 0.05) is 0 Å². The number of benzene rings is 2. The Bertz CT molecular complexity index is 628. The molecule has 122 valence electrons. The molecule has 0 saturated heterocycles. The Balaban J connectivity index is 1.98. The monoisotopic (exact) mass is 319 g/mol. The van der Waals surface area contributed by atoms with E-state index in [2.05, 4.69) is 0 Å². The highest BCUT2D eigenvalue weighted by molar-refractivity contribution is 5.66. The van der Waals surface area contributed by atoms with Crippen LogP contribution in [0.1, 0.15) is 13.8 Å². The number of hydrogen-bond acceptors (Lipinski definition) is 4. The van der Waals surface area contributed by atoms with Crippen LogP contribution in [0.15, 0.2) is 48.5 Å². The molecule has 0 aliphatic rings. The van der Waals surface area contributed by atoms with E-state index in [1.807, 2.05) is 0 Å². The van der Waals surface area contributed by atoms with Crippen LogP contribution < -0.4 is 9.57 Å². The third kappa shape index (κ3) is 4.88. The van der Waals surface area contributed by atoms with E-state index in [0.717, 1.165) is 5.06 Å². The topological polar surface area (TPSA) is 48.0 Å². The first-order valence-corrected chi connectivity index (χ1v) is 7.28. The lowest BCUT2D eigenvalue weighted by atomic mass is 10.3. The van der Waals surface area contributed by atoms with Gasteiger partial charge < -0.3 is 14.3 Å². The molecule has 2 aromatic rings. The fourth-order valence-corrected chi connectivity index (χ4v) is 1.76. The van der Waals surface area contributed by atoms with E-state index in [0.29, 0.717) is 23.8 Å². The molecule has 0 N–H and O–H groups in total. The summed E-state index contributed by atoms with van der Waals surface area (Å²) < 4.78 is 23.3. The van der Waals surface area contributed by atoms with E-state index >= 15 is 0 Å². The van der Waals surface area contributed by atoms with Crippen LogP contribution in [0.4, 0.5) is 9.18 Å². The largest absolute Gasteiger partial charge is 0.457 e. The van der Waals surface area contributed by atoms with Gasteiger partial charge in [0.15, 0.2) is 5.75 Å². The number of nitrogens with zero attached hydrogens (tertiary/aromatic N) is 1. The summed E-state index contributed by atoms with van der Waals surface area (Å²) in [7, 11) is 0. The van der Waals surface area contributed by atoms with Crippen molar-refractivity contribution in [3.05, 3.63) is 54.3 Å². The first kappa shape index (κ1) is 16.6. The van der Waals surface area contributed by atoms with Crippen molar-refractivity contribution in [1.29, 1.82) is 0 Å². The maximum atomic E-state index is 12.8. The summed E-state index contributed by atoms with van der Waals surface area (Å²) in [5.41, 5.74) is 0. The van der Waals surface area contributed by atoms with Crippen LogP contribution in [0.3, 0.4) is 0 Å². The second-order valence-electron chi connectivity index (χ2n) is 4.51. The molecule has 0 unspecified atom stereocenters. The van der Waals surface area contributed by atoms with Gasteiger partial charge in [-0.2, -0.15) is 0 Å². The van der Waals surface area contributed by atoms with Crippen LogP contribution in [0.2, 0.25) is 0 Å². The van der Waals surface area contributed by atoms with Crippen molar-refractivity contribution in [3.63, 3.8) is 0 Å². The Hall–Kier alpha value is -2.76. The fourth-order valence-electron chi connectivity index (χ4n) is 1.76. The number of ether oxygens (including phenoxy) is 2. The predicted octanol–water partition coefficient (Wildman–Crippen LogP) is 4.39. The molecular formula is C17H18FNO4. The fraction of sp³-hybridized carbons (Fsp3) is 0.235. The minimum absolute atomic E-state index is 0.281. The lowest BCUT2D eigenvalue weighted by molar-refractivity contribution is -0.0431. The molecule has 2 rings (SSSR count). The molecule has 0 aromatic heterocycles. The molecule has 1 amide bonds. The highest BCUT2D eigenvalue weighted by Crippen LogP contribution is 2.24. The maximum absolute atomic E-state index is 12.8. The molecule has 2 aromatic carbocycles. The van der Waals surface area contributed by atoms with Crippen molar-refractivity contribution in [2.45, 2.75) is 13.8 Å². The van der Waals surface area contributed by atoms with Gasteiger partial charge in [0.25, 0.3) is 0 Å². The van der Waals surface area contributed by atoms with E-state index in [9.17, 15) is 9.18 Å². The summed E-state index contributed by atoms with van der Waals surface area (Å²) in [6, 6.07) is 12.5. The van der Waals surface area contributed by atoms with Crippen LogP contribution in [-0.2, 0) is 4.74 Å². The second kappa shape index (κ2) is 8.03. The Kier molecular flexibility index (Phi) is 5.80. The third-order valence-corrected chi connectivity index (χ3v) is 2.85. The van der Waals surface area contributed by atoms with Crippen molar-refractivity contribution in [3.8, 4) is 17.2 Å². The standard InChI is InChI=1S/C17H18FNO4/c1-3-19(17(20)21-4-2)23-16-11-9-15(10-12-16)22-14-7-5-13(18)6-8-14/h5-12H,3-4H2,1-2H3. The summed E-state index contributed by atoms with van der Waals surface area (Å²) in [4.78, 5) is 17.1. The average Bonchev–Trinajstić information content (AvgIpc) is 2.56. The van der Waals surface area contributed by atoms with Gasteiger partial charge in [-0.1, -0.05) is 0 Å². The molecule has 0 aliphatic heterocycles. The molecule has 0 saturated carbocycles. The lowest BCUT2D eigenvalue weighted by Gasteiger charge is -2.19. The van der Waals surface area contributed by atoms with Gasteiger partial charge in [-0.15, -0.1) is 5.06 Å². The van der Waals surface area contributed by atoms with Crippen LogP contribution in [-0.4, -0.2) is 24.3 Å². The maximum Gasteiger partial charge on any atom is 0.443 e. The van der Waals surface area contributed by atoms with Gasteiger partial charge in [0.05, 0.1) is 13.2 Å². The van der Waals surface area contributed by atoms with Gasteiger partial charge in [0.1, 0.15) is 17.3 Å². The molecular weight excluding hydrogens is 301 g/mol. The predicted molar refractivity (Wildman–Crippen MR) is 82.9 cm³/mol. The normalized spacial score (nSPS) is 10.0. The first-order valence-electron chi connectivity index (χ1n) is 7.28. The van der Waals surface area contributed by atoms with E-state index in [1.165, 1.54) is 12.1 Å². The van der Waals surface area contributed by atoms with Gasteiger partial charge in [-0.05, 0) is 62.4 Å². The van der Waals surface area contributed by atoms with Crippen molar-refractivity contribution in [1.82, 2.24) is 5.06 Å². The van der Waals surface area contributed by atoms with Gasteiger partial charge in [0.2, 0.25) is 0 Å². The molecule has 0 aliphatic carbocycles. The summed E-state index contributed by atoms with van der Waals surface area (Å²) >= 11 is 0. The molecule has 5 nitrogen and oxygen atoms in total. The summed E-state index contributed by atoms with van der Waals surface area (Å²) in [5.74, 6) is 1.26. The smallest absolute Gasteiger partial charge is 0.443 e. The van der Waals surface area contributed by atoms with Crippen molar-refractivity contribution in [2.75, 3.05) is 13.2 Å². The lowest BCUT2D eigenvalue weighted by Crippen LogP contribution is -2.34. The summed E-state index contributed by atoms with van der Waals surface area (Å²) in [5, 5.41) is 1.12. The number of carbonyl (C=O) groups excluding carboxylic acids is 1. The Labute approximate surface area is 134 Å². The Morgan fingerprint density at radius 2 is 1.48 bits per heavy atom. The van der Waals surface area contributed by atoms with E-state index in [-0.39, 0.29) is 12.4 Å². The minimum Gasteiger partial charge on any atom is -0.457 e. The molecule has 0 heterocycles. The van der Waals surface area contributed by atoms with E-state index in [4.69, 9.17) is 14.3 Å². The number of amides is 1. The molecule has 0 atom stereocenters. The SMILES string of the molecule is CCOC(=O)N(CC)Oc1ccc(Oc2ccc(F)cc2)cc1. The number of hydrogen-bond donors (Lipinski definition) is 0. The summed E-state index contributed by atoms with van der Waals surface area (Å²) in [6.07, 6.45) is -0.540. The molecule has 0 bridgehead atoms. The van der Waals surface area contributed by atoms with Gasteiger partial charge in [-0.3, -0.25) is 0 Å². The molecule has 0 radical (unpaired) electrons. The quantitative estimate of drug-likeness (QED) is 0.741. The second-order valence-corrected chi connectivity index (χ2v) is 4.51. The number of hydroxylamine groups is 2. The summed E-state index contributed by atoms with van der Waals surface area (Å²) in [6.45, 7) is 4.14. The highest BCUT2D eigenvalue weighted by atomic mass is 19.1. The van der Waals surface area contributed by atoms with Crippen LogP contribution in [0.5, 0.6) is 17.2 Å². The minimum atomic E-state index is -0.540. The molecule has 23 heavy (non-hydrogen) atoms. The van der Waals surface area contributed by atoms with Crippen LogP contribution >= 0.6 is 0 Å². The number of carbonyl (C=O) groups is 1. The van der Waals surface area contributed by atoms with Crippen molar-refractivity contribution >= 4 is 6.09 Å². The Morgan fingerprint density at radius 3 is 2.00 bits per heavy atom. The zero-order valence-electron chi connectivity index (χ0n) is 13.0. The van der Waals surface area contributed by atoms with Gasteiger partial charge in [-0.25, -0.2) is 9.18 Å². The van der Waals surface area contributed by atoms with Crippen LogP contribution in [0.25, 0.3) is 0 Å². The zero-order valence-corrected chi connectivity index (χ0v) is 13.0. The van der Waals surface area contributed by atoms with Gasteiger partial charge >= 0.3 is 6.09 Å². The van der Waals surface area contributed by atoms with E-state index in [1.54, 1.807) is 50.2 Å².